The fraction of sp³-hybridized carbons (Fsp3) is 0.524. The molecule has 28 heavy (non-hydrogen) atoms. The van der Waals surface area contributed by atoms with E-state index in [4.69, 9.17) is 23.8 Å². The number of carboxylic acids is 1. The normalized spacial score (nSPS) is 23.1. The van der Waals surface area contributed by atoms with E-state index in [1.165, 1.54) is 6.92 Å². The van der Waals surface area contributed by atoms with E-state index in [0.717, 1.165) is 36.7 Å². The van der Waals surface area contributed by atoms with Crippen molar-refractivity contribution in [3.8, 4) is 0 Å². The van der Waals surface area contributed by atoms with E-state index in [1.807, 2.05) is 37.3 Å². The van der Waals surface area contributed by atoms with E-state index < -0.39 is 11.8 Å². The number of rotatable bonds is 9. The molecular formula is C21H27NO6. The molecule has 152 valence electrons. The molecule has 0 amide bonds. The number of oxime groups is 1. The molecule has 0 unspecified atom stereocenters. The Hall–Kier alpha value is -2.38. The van der Waals surface area contributed by atoms with Crippen molar-refractivity contribution >= 4 is 22.7 Å². The van der Waals surface area contributed by atoms with Gasteiger partial charge in [-0.3, -0.25) is 0 Å². The van der Waals surface area contributed by atoms with Gasteiger partial charge < -0.3 is 23.8 Å². The average molecular weight is 389 g/mol. The average Bonchev–Trinajstić information content (AvgIpc) is 3.13. The van der Waals surface area contributed by atoms with E-state index in [1.54, 1.807) is 0 Å². The van der Waals surface area contributed by atoms with Crippen LogP contribution in [0.2, 0.25) is 0 Å². The number of benzene rings is 1. The number of para-hydroxylation sites is 1. The molecule has 0 spiro atoms. The number of ether oxygens (including phenoxy) is 2. The van der Waals surface area contributed by atoms with Crippen LogP contribution < -0.4 is 0 Å². The maximum atomic E-state index is 11.0. The second kappa shape index (κ2) is 9.21. The Labute approximate surface area is 164 Å². The number of unbranched alkanes of at least 4 members (excludes halogenated alkanes) is 2. The Morgan fingerprint density at radius 1 is 1.25 bits per heavy atom. The monoisotopic (exact) mass is 389 g/mol. The van der Waals surface area contributed by atoms with Crippen molar-refractivity contribution in [2.24, 2.45) is 11.1 Å². The number of carboxylic acid groups (broad SMARTS) is 1. The predicted molar refractivity (Wildman–Crippen MR) is 104 cm³/mol. The number of aliphatic carboxylic acids is 1. The number of fused-ring (bicyclic) bond motifs is 1. The zero-order chi connectivity index (χ0) is 20.0. The maximum absolute atomic E-state index is 11.0. The fourth-order valence-electron chi connectivity index (χ4n) is 3.06. The summed E-state index contributed by atoms with van der Waals surface area (Å²) in [4.78, 5) is 16.5. The van der Waals surface area contributed by atoms with Gasteiger partial charge in [-0.15, -0.1) is 0 Å². The number of hydrogen-bond acceptors (Lipinski definition) is 6. The topological polar surface area (TPSA) is 90.5 Å². The lowest BCUT2D eigenvalue weighted by molar-refractivity contribution is -0.271. The minimum Gasteiger partial charge on any atom is -0.477 e. The summed E-state index contributed by atoms with van der Waals surface area (Å²) in [5, 5.41) is 14.2. The van der Waals surface area contributed by atoms with Crippen LogP contribution in [0.4, 0.5) is 0 Å². The second-order valence-electron chi connectivity index (χ2n) is 7.25. The lowest BCUT2D eigenvalue weighted by atomic mass is 10.0. The van der Waals surface area contributed by atoms with Crippen LogP contribution in [-0.2, 0) is 19.1 Å². The maximum Gasteiger partial charge on any atom is 0.364 e. The Morgan fingerprint density at radius 3 is 2.71 bits per heavy atom. The largest absolute Gasteiger partial charge is 0.477 e. The minimum absolute atomic E-state index is 0.238. The molecule has 1 N–H and O–H groups in total. The zero-order valence-corrected chi connectivity index (χ0v) is 16.3. The number of hydrogen-bond donors (Lipinski definition) is 1. The van der Waals surface area contributed by atoms with Crippen molar-refractivity contribution in [1.82, 2.24) is 0 Å². The fourth-order valence-corrected chi connectivity index (χ4v) is 3.06. The first-order chi connectivity index (χ1) is 13.5. The van der Waals surface area contributed by atoms with Crippen LogP contribution in [0.3, 0.4) is 0 Å². The van der Waals surface area contributed by atoms with Gasteiger partial charge >= 0.3 is 5.97 Å². The molecule has 0 saturated carbocycles. The number of nitrogens with zero attached hydrogens (tertiary/aromatic N) is 1. The van der Waals surface area contributed by atoms with Crippen molar-refractivity contribution < 1.29 is 28.6 Å². The molecule has 2 heterocycles. The van der Waals surface area contributed by atoms with Gasteiger partial charge in [0.25, 0.3) is 5.79 Å². The van der Waals surface area contributed by atoms with Crippen molar-refractivity contribution in [3.63, 3.8) is 0 Å². The van der Waals surface area contributed by atoms with Crippen LogP contribution in [0.25, 0.3) is 11.0 Å². The zero-order valence-electron chi connectivity index (χ0n) is 16.3. The van der Waals surface area contributed by atoms with E-state index in [2.05, 4.69) is 5.16 Å². The molecule has 7 nitrogen and oxygen atoms in total. The Morgan fingerprint density at radius 2 is 2.00 bits per heavy atom. The summed E-state index contributed by atoms with van der Waals surface area (Å²) in [6.07, 6.45) is 3.86. The van der Waals surface area contributed by atoms with Crippen LogP contribution in [0.5, 0.6) is 0 Å². The second-order valence-corrected chi connectivity index (χ2v) is 7.25. The number of carbonyl (C=O) groups is 1. The van der Waals surface area contributed by atoms with Crippen molar-refractivity contribution in [2.45, 2.75) is 45.3 Å². The molecule has 1 aromatic carbocycles. The molecule has 0 bridgehead atoms. The first-order valence-electron chi connectivity index (χ1n) is 9.65. The summed E-state index contributed by atoms with van der Waals surface area (Å²) >= 11 is 0. The van der Waals surface area contributed by atoms with Gasteiger partial charge in [0, 0.05) is 18.2 Å². The Kier molecular flexibility index (Phi) is 6.70. The summed E-state index contributed by atoms with van der Waals surface area (Å²) in [6, 6.07) is 9.80. The molecule has 2 aromatic rings. The third-order valence-electron chi connectivity index (χ3n) is 4.91. The van der Waals surface area contributed by atoms with Crippen molar-refractivity contribution in [1.29, 1.82) is 0 Å². The van der Waals surface area contributed by atoms with Gasteiger partial charge in [-0.05, 0) is 38.3 Å². The standard InChI is InChI=1S/C21H27NO6/c1-15(19-12-17-9-5-6-10-18(17)28-19)22-27-11-7-3-4-8-16-13-25-21(2,20(23)24)26-14-16/h5-6,9-10,12,16H,3-4,7-8,11,13-14H2,1-2H3,(H,23,24). The first kappa shape index (κ1) is 20.4. The van der Waals surface area contributed by atoms with E-state index in [-0.39, 0.29) is 5.92 Å². The quantitative estimate of drug-likeness (QED) is 0.393. The molecule has 1 aromatic heterocycles. The number of furan rings is 1. The van der Waals surface area contributed by atoms with E-state index in [9.17, 15) is 4.79 Å². The summed E-state index contributed by atoms with van der Waals surface area (Å²) in [5.41, 5.74) is 1.56. The highest BCUT2D eigenvalue weighted by molar-refractivity contribution is 5.99. The highest BCUT2D eigenvalue weighted by Gasteiger charge is 2.40. The Bertz CT molecular complexity index is 786. The van der Waals surface area contributed by atoms with Crippen molar-refractivity contribution in [2.75, 3.05) is 19.8 Å². The van der Waals surface area contributed by atoms with Gasteiger partial charge in [0.05, 0.1) is 13.2 Å². The van der Waals surface area contributed by atoms with Crippen LogP contribution in [0.15, 0.2) is 39.9 Å². The third-order valence-corrected chi connectivity index (χ3v) is 4.91. The van der Waals surface area contributed by atoms with Crippen LogP contribution in [0.1, 0.15) is 45.3 Å². The summed E-state index contributed by atoms with van der Waals surface area (Å²) < 4.78 is 16.5. The summed E-state index contributed by atoms with van der Waals surface area (Å²) in [7, 11) is 0. The predicted octanol–water partition coefficient (Wildman–Crippen LogP) is 4.20. The lowest BCUT2D eigenvalue weighted by Crippen LogP contribution is -2.47. The SMILES string of the molecule is CC(=NOCCCCCC1COC(C)(C(=O)O)OC1)c1cc2ccccc2o1. The molecule has 1 saturated heterocycles. The highest BCUT2D eigenvalue weighted by atomic mass is 16.7. The molecule has 0 aliphatic carbocycles. The molecule has 1 fully saturated rings. The van der Waals surface area contributed by atoms with Crippen LogP contribution in [0, 0.1) is 5.92 Å². The van der Waals surface area contributed by atoms with Gasteiger partial charge in [0.1, 0.15) is 17.9 Å². The molecular weight excluding hydrogens is 362 g/mol. The van der Waals surface area contributed by atoms with E-state index in [0.29, 0.717) is 31.3 Å². The molecule has 1 aliphatic rings. The molecule has 1 aliphatic heterocycles. The lowest BCUT2D eigenvalue weighted by Gasteiger charge is -2.34. The summed E-state index contributed by atoms with van der Waals surface area (Å²) in [5.74, 6) is -1.63. The molecule has 7 heteroatoms. The van der Waals surface area contributed by atoms with Gasteiger partial charge in [-0.2, -0.15) is 0 Å². The molecule has 3 rings (SSSR count). The highest BCUT2D eigenvalue weighted by Crippen LogP contribution is 2.24. The minimum atomic E-state index is -1.50. The van der Waals surface area contributed by atoms with Gasteiger partial charge in [0.2, 0.25) is 0 Å². The van der Waals surface area contributed by atoms with E-state index >= 15 is 0 Å². The van der Waals surface area contributed by atoms with Gasteiger partial charge in [-0.1, -0.05) is 29.8 Å². The molecule has 0 atom stereocenters. The smallest absolute Gasteiger partial charge is 0.364 e. The first-order valence-corrected chi connectivity index (χ1v) is 9.65. The summed E-state index contributed by atoms with van der Waals surface area (Å²) in [6.45, 7) is 4.69. The third kappa shape index (κ3) is 5.11. The Balaban J connectivity index is 1.30. The van der Waals surface area contributed by atoms with Gasteiger partial charge in [0.15, 0.2) is 5.76 Å². The molecule has 0 radical (unpaired) electrons. The van der Waals surface area contributed by atoms with Crippen LogP contribution in [-0.4, -0.2) is 42.4 Å². The van der Waals surface area contributed by atoms with Crippen LogP contribution >= 0.6 is 0 Å². The van der Waals surface area contributed by atoms with Gasteiger partial charge in [-0.25, -0.2) is 4.79 Å². The van der Waals surface area contributed by atoms with Crippen molar-refractivity contribution in [3.05, 3.63) is 36.1 Å².